The van der Waals surface area contributed by atoms with Crippen molar-refractivity contribution in [1.29, 1.82) is 0 Å². The van der Waals surface area contributed by atoms with E-state index in [9.17, 15) is 4.79 Å². The molecule has 1 unspecified atom stereocenters. The molecule has 0 radical (unpaired) electrons. The van der Waals surface area contributed by atoms with Crippen molar-refractivity contribution >= 4 is 34.3 Å². The van der Waals surface area contributed by atoms with Crippen LogP contribution in [0, 0.1) is 0 Å². The molecule has 0 aliphatic rings. The molecule has 0 saturated carbocycles. The molecule has 2 heterocycles. The van der Waals surface area contributed by atoms with Gasteiger partial charge < -0.3 is 4.42 Å². The second-order valence-corrected chi connectivity index (χ2v) is 9.63. The van der Waals surface area contributed by atoms with Gasteiger partial charge in [0.15, 0.2) is 5.16 Å². The number of hydrogen-bond donors (Lipinski definition) is 0. The van der Waals surface area contributed by atoms with Gasteiger partial charge in [-0.15, -0.1) is 10.2 Å². The molecule has 6 nitrogen and oxygen atoms in total. The first-order valence-electron chi connectivity index (χ1n) is 11.4. The number of hydrogen-bond acceptors (Lipinski definition) is 6. The van der Waals surface area contributed by atoms with Crippen LogP contribution in [0.1, 0.15) is 37.6 Å². The van der Waals surface area contributed by atoms with Gasteiger partial charge in [-0.1, -0.05) is 67.5 Å². The third kappa shape index (κ3) is 4.88. The van der Waals surface area contributed by atoms with E-state index in [1.54, 1.807) is 22.8 Å². The lowest BCUT2D eigenvalue weighted by Gasteiger charge is -2.14. The molecule has 0 bridgehead atoms. The highest BCUT2D eigenvalue weighted by atomic mass is 35.5. The van der Waals surface area contributed by atoms with Crippen LogP contribution in [0.15, 0.2) is 87.2 Å². The molecule has 5 rings (SSSR count). The Morgan fingerprint density at radius 3 is 2.54 bits per heavy atom. The molecule has 35 heavy (non-hydrogen) atoms. The van der Waals surface area contributed by atoms with Gasteiger partial charge in [0.25, 0.3) is 5.56 Å². The minimum absolute atomic E-state index is 0.152. The molecule has 3 aromatic carbocycles. The van der Waals surface area contributed by atoms with Crippen molar-refractivity contribution in [1.82, 2.24) is 19.7 Å². The third-order valence-corrected chi connectivity index (χ3v) is 7.10. The third-order valence-electron chi connectivity index (χ3n) is 5.95. The molecule has 0 spiro atoms. The van der Waals surface area contributed by atoms with Crippen LogP contribution in [0.4, 0.5) is 0 Å². The highest BCUT2D eigenvalue weighted by Gasteiger charge is 2.16. The lowest BCUT2D eigenvalue weighted by molar-refractivity contribution is 0.528. The average molecular weight is 503 g/mol. The zero-order valence-electron chi connectivity index (χ0n) is 19.3. The van der Waals surface area contributed by atoms with E-state index in [1.807, 2.05) is 42.5 Å². The summed E-state index contributed by atoms with van der Waals surface area (Å²) in [7, 11) is 0. The molecule has 0 aliphatic heterocycles. The Kier molecular flexibility index (Phi) is 6.70. The van der Waals surface area contributed by atoms with E-state index < -0.39 is 0 Å². The van der Waals surface area contributed by atoms with Gasteiger partial charge in [0, 0.05) is 10.6 Å². The van der Waals surface area contributed by atoms with E-state index in [0.717, 1.165) is 17.7 Å². The fourth-order valence-corrected chi connectivity index (χ4v) is 4.80. The van der Waals surface area contributed by atoms with Gasteiger partial charge in [-0.3, -0.25) is 9.36 Å². The molecular formula is C27H23ClN4O2S. The second kappa shape index (κ2) is 10.1. The minimum atomic E-state index is -0.152. The van der Waals surface area contributed by atoms with Crippen molar-refractivity contribution < 1.29 is 4.42 Å². The number of halogens is 1. The average Bonchev–Trinajstić information content (AvgIpc) is 3.37. The molecule has 1 atom stereocenters. The quantitative estimate of drug-likeness (QED) is 0.178. The number of rotatable bonds is 7. The molecule has 0 saturated heterocycles. The van der Waals surface area contributed by atoms with E-state index in [-0.39, 0.29) is 5.56 Å². The summed E-state index contributed by atoms with van der Waals surface area (Å²) in [5.41, 5.74) is 3.24. The zero-order valence-corrected chi connectivity index (χ0v) is 20.9. The van der Waals surface area contributed by atoms with Gasteiger partial charge in [-0.2, -0.15) is 0 Å². The Morgan fingerprint density at radius 1 is 1.03 bits per heavy atom. The molecule has 0 fully saturated rings. The van der Waals surface area contributed by atoms with Crippen molar-refractivity contribution in [3.63, 3.8) is 0 Å². The molecular weight excluding hydrogens is 480 g/mol. The Bertz CT molecular complexity index is 1530. The van der Waals surface area contributed by atoms with Gasteiger partial charge >= 0.3 is 0 Å². The van der Waals surface area contributed by atoms with Crippen molar-refractivity contribution in [3.05, 3.63) is 99.6 Å². The number of aromatic nitrogens is 4. The van der Waals surface area contributed by atoms with E-state index in [4.69, 9.17) is 21.0 Å². The summed E-state index contributed by atoms with van der Waals surface area (Å²) in [6.45, 7) is 4.36. The van der Waals surface area contributed by atoms with Crippen LogP contribution in [0.3, 0.4) is 0 Å². The van der Waals surface area contributed by atoms with Crippen LogP contribution >= 0.6 is 23.4 Å². The SMILES string of the molecule is CCC(C)c1ccc(-n2c(SCc3nnc(-c4ccccc4)o3)nc3cc(Cl)ccc3c2=O)cc1. The molecule has 0 N–H and O–H groups in total. The number of nitrogens with zero attached hydrogens (tertiary/aromatic N) is 4. The van der Waals surface area contributed by atoms with Crippen LogP contribution in [0.2, 0.25) is 5.02 Å². The Morgan fingerprint density at radius 2 is 1.80 bits per heavy atom. The van der Waals surface area contributed by atoms with E-state index in [1.165, 1.54) is 17.3 Å². The van der Waals surface area contributed by atoms with E-state index >= 15 is 0 Å². The van der Waals surface area contributed by atoms with Gasteiger partial charge in [0.05, 0.1) is 22.3 Å². The summed E-state index contributed by atoms with van der Waals surface area (Å²) < 4.78 is 7.48. The van der Waals surface area contributed by atoms with Crippen LogP contribution in [0.5, 0.6) is 0 Å². The number of thioether (sulfide) groups is 1. The van der Waals surface area contributed by atoms with Crippen molar-refractivity contribution in [2.24, 2.45) is 0 Å². The molecule has 5 aromatic rings. The fourth-order valence-electron chi connectivity index (χ4n) is 3.79. The summed E-state index contributed by atoms with van der Waals surface area (Å²) in [5, 5.41) is 9.90. The lowest BCUT2D eigenvalue weighted by Crippen LogP contribution is -2.21. The molecule has 0 amide bonds. The molecule has 8 heteroatoms. The van der Waals surface area contributed by atoms with Crippen molar-refractivity contribution in [2.45, 2.75) is 37.1 Å². The topological polar surface area (TPSA) is 73.8 Å². The molecule has 176 valence electrons. The number of benzene rings is 3. The summed E-state index contributed by atoms with van der Waals surface area (Å²) >= 11 is 7.55. The van der Waals surface area contributed by atoms with Gasteiger partial charge in [-0.25, -0.2) is 4.98 Å². The highest BCUT2D eigenvalue weighted by Crippen LogP contribution is 2.28. The van der Waals surface area contributed by atoms with Crippen molar-refractivity contribution in [2.75, 3.05) is 0 Å². The first kappa shape index (κ1) is 23.3. The van der Waals surface area contributed by atoms with Gasteiger partial charge in [0.1, 0.15) is 0 Å². The van der Waals surface area contributed by atoms with Crippen LogP contribution in [0.25, 0.3) is 28.0 Å². The fraction of sp³-hybridized carbons (Fsp3) is 0.185. The maximum Gasteiger partial charge on any atom is 0.266 e. The first-order chi connectivity index (χ1) is 17.0. The maximum atomic E-state index is 13.6. The Hall–Kier alpha value is -3.42. The largest absolute Gasteiger partial charge is 0.420 e. The minimum Gasteiger partial charge on any atom is -0.420 e. The first-order valence-corrected chi connectivity index (χ1v) is 12.7. The summed E-state index contributed by atoms with van der Waals surface area (Å²) in [6, 6.07) is 22.8. The smallest absolute Gasteiger partial charge is 0.266 e. The number of fused-ring (bicyclic) bond motifs is 1. The van der Waals surface area contributed by atoms with Gasteiger partial charge in [0.2, 0.25) is 11.8 Å². The summed E-state index contributed by atoms with van der Waals surface area (Å²) in [5.74, 6) is 1.72. The Labute approximate surface area is 212 Å². The predicted octanol–water partition coefficient (Wildman–Crippen LogP) is 6.89. The molecule has 0 aliphatic carbocycles. The second-order valence-electron chi connectivity index (χ2n) is 8.25. The maximum absolute atomic E-state index is 13.6. The van der Waals surface area contributed by atoms with Crippen LogP contribution in [-0.2, 0) is 5.75 Å². The summed E-state index contributed by atoms with van der Waals surface area (Å²) in [4.78, 5) is 18.3. The summed E-state index contributed by atoms with van der Waals surface area (Å²) in [6.07, 6.45) is 1.05. The van der Waals surface area contributed by atoms with E-state index in [2.05, 4.69) is 36.2 Å². The van der Waals surface area contributed by atoms with Gasteiger partial charge in [-0.05, 0) is 60.4 Å². The Balaban J connectivity index is 1.52. The van der Waals surface area contributed by atoms with E-state index in [0.29, 0.717) is 44.5 Å². The lowest BCUT2D eigenvalue weighted by atomic mass is 9.98. The molecule has 2 aromatic heterocycles. The van der Waals surface area contributed by atoms with Crippen LogP contribution in [-0.4, -0.2) is 19.7 Å². The van der Waals surface area contributed by atoms with Crippen molar-refractivity contribution in [3.8, 4) is 17.1 Å². The standard InChI is InChI=1S/C27H23ClN4O2S/c1-3-17(2)18-9-12-21(13-10-18)32-26(33)22-14-11-20(28)15-23(22)29-27(32)35-16-24-30-31-25(34-24)19-7-5-4-6-8-19/h4-15,17H,3,16H2,1-2H3. The predicted molar refractivity (Wildman–Crippen MR) is 140 cm³/mol. The zero-order chi connectivity index (χ0) is 24.4. The monoisotopic (exact) mass is 502 g/mol. The van der Waals surface area contributed by atoms with Crippen LogP contribution < -0.4 is 5.56 Å². The normalized spacial score (nSPS) is 12.2. The highest BCUT2D eigenvalue weighted by molar-refractivity contribution is 7.98.